The van der Waals surface area contributed by atoms with Crippen molar-refractivity contribution in [1.29, 1.82) is 0 Å². The molecule has 1 aromatic carbocycles. The van der Waals surface area contributed by atoms with Crippen molar-refractivity contribution in [2.24, 2.45) is 9.98 Å². The molecule has 0 saturated carbocycles. The summed E-state index contributed by atoms with van der Waals surface area (Å²) in [6.45, 7) is 4.94. The topological polar surface area (TPSA) is 67.5 Å². The van der Waals surface area contributed by atoms with Crippen LogP contribution < -0.4 is 5.32 Å². The molecule has 10 heteroatoms. The van der Waals surface area contributed by atoms with E-state index in [0.29, 0.717) is 5.69 Å². The Morgan fingerprint density at radius 2 is 2.00 bits per heavy atom. The van der Waals surface area contributed by atoms with Gasteiger partial charge in [0.15, 0.2) is 0 Å². The summed E-state index contributed by atoms with van der Waals surface area (Å²) in [5, 5.41) is 8.14. The SMILES string of the molecule is CCCn1cc(-c2ncc(-c3cc(C)cc(NC4=NCCC(C(F)(F)F)=N4)c3)s2)cn1. The highest BCUT2D eigenvalue weighted by Crippen LogP contribution is 2.34. The molecule has 1 aliphatic rings. The molecule has 0 spiro atoms. The molecule has 4 rings (SSSR count). The number of aliphatic imine (C=N–C) groups is 2. The van der Waals surface area contributed by atoms with E-state index in [1.807, 2.05) is 36.0 Å². The van der Waals surface area contributed by atoms with Crippen LogP contribution in [0.2, 0.25) is 0 Å². The van der Waals surface area contributed by atoms with E-state index in [9.17, 15) is 13.2 Å². The van der Waals surface area contributed by atoms with E-state index in [1.165, 1.54) is 11.3 Å². The van der Waals surface area contributed by atoms with E-state index in [1.54, 1.807) is 12.4 Å². The highest BCUT2D eigenvalue weighted by atomic mass is 32.1. The molecule has 1 N–H and O–H groups in total. The molecule has 3 heterocycles. The number of nitrogens with one attached hydrogen (secondary N) is 1. The van der Waals surface area contributed by atoms with E-state index >= 15 is 0 Å². The fourth-order valence-electron chi connectivity index (χ4n) is 3.25. The van der Waals surface area contributed by atoms with Gasteiger partial charge in [0.05, 0.1) is 11.1 Å². The molecule has 0 amide bonds. The fraction of sp³-hybridized carbons (Fsp3) is 0.333. The highest BCUT2D eigenvalue weighted by Gasteiger charge is 2.36. The maximum Gasteiger partial charge on any atom is 0.429 e. The van der Waals surface area contributed by atoms with Crippen LogP contribution in [0.1, 0.15) is 25.3 Å². The maximum atomic E-state index is 13.0. The molecule has 2 aromatic heterocycles. The standard InChI is InChI=1S/C21H21F3N6S/c1-3-6-30-12-15(10-27-30)19-26-11-17(31-19)14-7-13(2)8-16(9-14)28-20-25-5-4-18(29-20)21(22,23)24/h7-12H,3-6H2,1-2H3,(H,25,28). The minimum absolute atomic E-state index is 0.0246. The van der Waals surface area contributed by atoms with Crippen LogP contribution in [0.25, 0.3) is 21.0 Å². The Labute approximate surface area is 181 Å². The van der Waals surface area contributed by atoms with Crippen LogP contribution >= 0.6 is 11.3 Å². The highest BCUT2D eigenvalue weighted by molar-refractivity contribution is 7.18. The number of hydrogen-bond donors (Lipinski definition) is 1. The van der Waals surface area contributed by atoms with E-state index in [0.717, 1.165) is 39.5 Å². The number of halogens is 3. The summed E-state index contributed by atoms with van der Waals surface area (Å²) >= 11 is 1.54. The van der Waals surface area contributed by atoms with Gasteiger partial charge in [-0.15, -0.1) is 11.3 Å². The first-order chi connectivity index (χ1) is 14.8. The van der Waals surface area contributed by atoms with Gasteiger partial charge in [-0.25, -0.2) is 9.98 Å². The lowest BCUT2D eigenvalue weighted by atomic mass is 10.1. The predicted octanol–water partition coefficient (Wildman–Crippen LogP) is 5.57. The number of aryl methyl sites for hydroxylation is 2. The average molecular weight is 447 g/mol. The molecular formula is C21H21F3N6S. The summed E-state index contributed by atoms with van der Waals surface area (Å²) in [5.74, 6) is -0.0246. The van der Waals surface area contributed by atoms with E-state index in [-0.39, 0.29) is 18.9 Å². The van der Waals surface area contributed by atoms with Crippen molar-refractivity contribution in [1.82, 2.24) is 14.8 Å². The normalized spacial score (nSPS) is 14.4. The van der Waals surface area contributed by atoms with Crippen molar-refractivity contribution in [2.75, 3.05) is 11.9 Å². The first-order valence-electron chi connectivity index (χ1n) is 9.89. The Hall–Kier alpha value is -3.01. The molecule has 1 aliphatic heterocycles. The van der Waals surface area contributed by atoms with Crippen LogP contribution in [0.3, 0.4) is 0 Å². The summed E-state index contributed by atoms with van der Waals surface area (Å²) in [6, 6.07) is 5.72. The molecule has 0 bridgehead atoms. The monoisotopic (exact) mass is 446 g/mol. The third-order valence-corrected chi connectivity index (χ3v) is 5.73. The molecule has 3 aromatic rings. The zero-order valence-electron chi connectivity index (χ0n) is 17.1. The molecular weight excluding hydrogens is 425 g/mol. The zero-order valence-corrected chi connectivity index (χ0v) is 17.9. The number of thiazole rings is 1. The Morgan fingerprint density at radius 1 is 1.16 bits per heavy atom. The van der Waals surface area contributed by atoms with Crippen LogP contribution in [0.5, 0.6) is 0 Å². The van der Waals surface area contributed by atoms with Crippen molar-refractivity contribution in [3.8, 4) is 21.0 Å². The van der Waals surface area contributed by atoms with Crippen LogP contribution in [-0.4, -0.2) is 39.2 Å². The average Bonchev–Trinajstić information content (AvgIpc) is 3.37. The number of anilines is 1. The first kappa shape index (κ1) is 21.2. The zero-order chi connectivity index (χ0) is 22.0. The third kappa shape index (κ3) is 5.01. The van der Waals surface area contributed by atoms with Gasteiger partial charge in [0.1, 0.15) is 10.7 Å². The lowest BCUT2D eigenvalue weighted by Crippen LogP contribution is -2.29. The van der Waals surface area contributed by atoms with E-state index < -0.39 is 11.9 Å². The quantitative estimate of drug-likeness (QED) is 0.557. The number of nitrogens with zero attached hydrogens (tertiary/aromatic N) is 5. The lowest BCUT2D eigenvalue weighted by Gasteiger charge is -2.16. The summed E-state index contributed by atoms with van der Waals surface area (Å²) in [7, 11) is 0. The molecule has 0 saturated heterocycles. The Kier molecular flexibility index (Phi) is 5.90. The molecule has 0 unspecified atom stereocenters. The summed E-state index contributed by atoms with van der Waals surface area (Å²) in [5.41, 5.74) is 2.66. The summed E-state index contributed by atoms with van der Waals surface area (Å²) < 4.78 is 40.8. The van der Waals surface area contributed by atoms with Gasteiger partial charge in [-0.1, -0.05) is 13.0 Å². The molecule has 0 radical (unpaired) electrons. The van der Waals surface area contributed by atoms with Crippen molar-refractivity contribution >= 4 is 28.7 Å². The Bertz CT molecular complexity index is 1140. The van der Waals surface area contributed by atoms with Gasteiger partial charge in [-0.05, 0) is 36.6 Å². The molecule has 6 nitrogen and oxygen atoms in total. The van der Waals surface area contributed by atoms with E-state index in [4.69, 9.17) is 0 Å². The second-order valence-electron chi connectivity index (χ2n) is 7.25. The number of guanidine groups is 1. The van der Waals surface area contributed by atoms with Gasteiger partial charge in [0.25, 0.3) is 0 Å². The number of benzene rings is 1. The van der Waals surface area contributed by atoms with Crippen LogP contribution in [0.4, 0.5) is 18.9 Å². The number of hydrogen-bond acceptors (Lipinski definition) is 6. The van der Waals surface area contributed by atoms with Crippen molar-refractivity contribution in [2.45, 2.75) is 39.4 Å². The van der Waals surface area contributed by atoms with Crippen LogP contribution in [-0.2, 0) is 6.54 Å². The fourth-order valence-corrected chi connectivity index (χ4v) is 4.13. The van der Waals surface area contributed by atoms with Crippen LogP contribution in [0, 0.1) is 6.92 Å². The number of alkyl halides is 3. The van der Waals surface area contributed by atoms with Gasteiger partial charge in [0, 0.05) is 43.2 Å². The van der Waals surface area contributed by atoms with E-state index in [2.05, 4.69) is 32.3 Å². The molecule has 0 aliphatic carbocycles. The molecule has 162 valence electrons. The van der Waals surface area contributed by atoms with Crippen LogP contribution in [0.15, 0.2) is 46.8 Å². The summed E-state index contributed by atoms with van der Waals surface area (Å²) in [6.07, 6.45) is 1.94. The van der Waals surface area contributed by atoms with Gasteiger partial charge in [-0.3, -0.25) is 9.67 Å². The summed E-state index contributed by atoms with van der Waals surface area (Å²) in [4.78, 5) is 13.2. The smallest absolute Gasteiger partial charge is 0.324 e. The molecule has 0 fully saturated rings. The van der Waals surface area contributed by atoms with Gasteiger partial charge in [-0.2, -0.15) is 18.3 Å². The van der Waals surface area contributed by atoms with Crippen molar-refractivity contribution < 1.29 is 13.2 Å². The minimum atomic E-state index is -4.44. The van der Waals surface area contributed by atoms with Crippen molar-refractivity contribution in [3.05, 3.63) is 42.4 Å². The molecule has 31 heavy (non-hydrogen) atoms. The second-order valence-corrected chi connectivity index (χ2v) is 8.28. The maximum absolute atomic E-state index is 13.0. The van der Waals surface area contributed by atoms with Gasteiger partial charge >= 0.3 is 6.18 Å². The second kappa shape index (κ2) is 8.62. The van der Waals surface area contributed by atoms with Crippen molar-refractivity contribution in [3.63, 3.8) is 0 Å². The van der Waals surface area contributed by atoms with Gasteiger partial charge < -0.3 is 5.32 Å². The molecule has 0 atom stereocenters. The lowest BCUT2D eigenvalue weighted by molar-refractivity contribution is -0.0603. The number of aromatic nitrogens is 3. The Morgan fingerprint density at radius 3 is 2.77 bits per heavy atom. The number of rotatable bonds is 5. The third-order valence-electron chi connectivity index (χ3n) is 4.63. The largest absolute Gasteiger partial charge is 0.429 e. The Balaban J connectivity index is 1.57. The first-order valence-corrected chi connectivity index (χ1v) is 10.7. The minimum Gasteiger partial charge on any atom is -0.324 e. The predicted molar refractivity (Wildman–Crippen MR) is 118 cm³/mol. The van der Waals surface area contributed by atoms with Gasteiger partial charge in [0.2, 0.25) is 5.96 Å².